The van der Waals surface area contributed by atoms with E-state index in [1.165, 1.54) is 33.4 Å². The number of halogens is 1. The zero-order chi connectivity index (χ0) is 19.9. The second-order valence-corrected chi connectivity index (χ2v) is 6.57. The topological polar surface area (TPSA) is 73.5 Å². The second-order valence-electron chi connectivity index (χ2n) is 6.57. The van der Waals surface area contributed by atoms with Gasteiger partial charge in [-0.15, -0.1) is 0 Å². The molecule has 0 unspecified atom stereocenters. The maximum absolute atomic E-state index is 13.4. The molecule has 3 rings (SSSR count). The zero-order valence-electron chi connectivity index (χ0n) is 15.6. The average molecular weight is 372 g/mol. The Bertz CT molecular complexity index is 1080. The van der Waals surface area contributed by atoms with Gasteiger partial charge in [0.25, 0.3) is 5.56 Å². The van der Waals surface area contributed by atoms with E-state index in [2.05, 4.69) is 0 Å². The van der Waals surface area contributed by atoms with Crippen LogP contribution < -0.4 is 10.3 Å². The molecule has 0 atom stereocenters. The molecule has 1 N–H and O–H groups in total. The summed E-state index contributed by atoms with van der Waals surface area (Å²) in [6, 6.07) is 7.38. The third-order valence-corrected chi connectivity index (χ3v) is 4.41. The Kier molecular flexibility index (Phi) is 4.78. The third-order valence-electron chi connectivity index (χ3n) is 4.41. The number of carboxylic acids is 1. The van der Waals surface area contributed by atoms with Crippen molar-refractivity contribution >= 4 is 16.9 Å². The molecule has 0 radical (unpaired) electrons. The van der Waals surface area contributed by atoms with Gasteiger partial charge in [0.1, 0.15) is 11.2 Å². The lowest BCUT2D eigenvalue weighted by Gasteiger charge is -2.14. The molecule has 2 heterocycles. The lowest BCUT2D eigenvalue weighted by molar-refractivity contribution is 0.0680. The molecule has 0 saturated heterocycles. The number of aromatic carboxylic acids is 1. The summed E-state index contributed by atoms with van der Waals surface area (Å²) in [5, 5.41) is 9.84. The van der Waals surface area contributed by atoms with Gasteiger partial charge in [-0.1, -0.05) is 6.92 Å². The van der Waals surface area contributed by atoms with Gasteiger partial charge in [-0.3, -0.25) is 9.36 Å². The minimum Gasteiger partial charge on any atom is -0.488 e. The molecule has 0 fully saturated rings. The molecule has 0 aliphatic rings. The quantitative estimate of drug-likeness (QED) is 0.744. The molecular weight excluding hydrogens is 351 g/mol. The van der Waals surface area contributed by atoms with Gasteiger partial charge < -0.3 is 14.4 Å². The first-order valence-corrected chi connectivity index (χ1v) is 8.69. The van der Waals surface area contributed by atoms with Crippen LogP contribution in [0.25, 0.3) is 16.6 Å². The molecule has 142 valence electrons. The standard InChI is InChI=1S/C20H21FN2O4/c1-5-13-10-15-16(18(27-11(2)3)17(20(25)26)22(15)4)19(24)23(13)14-8-6-12(21)7-9-14/h6-11H,5H2,1-4H3,(H,25,26). The fraction of sp³-hybridized carbons (Fsp3) is 0.300. The van der Waals surface area contributed by atoms with Gasteiger partial charge in [0.2, 0.25) is 0 Å². The van der Waals surface area contributed by atoms with E-state index in [1.807, 2.05) is 6.92 Å². The SMILES string of the molecule is CCc1cc2c(c(OC(C)C)c(C(=O)O)n2C)c(=O)n1-c1ccc(F)cc1. The lowest BCUT2D eigenvalue weighted by Crippen LogP contribution is -2.22. The Hall–Kier alpha value is -3.09. The molecule has 0 aliphatic carbocycles. The lowest BCUT2D eigenvalue weighted by atomic mass is 10.2. The van der Waals surface area contributed by atoms with Gasteiger partial charge in [0.15, 0.2) is 11.4 Å². The minimum atomic E-state index is -1.17. The minimum absolute atomic E-state index is 0.0542. The molecule has 0 aliphatic heterocycles. The van der Waals surface area contributed by atoms with Crippen molar-refractivity contribution in [2.24, 2.45) is 7.05 Å². The fourth-order valence-corrected chi connectivity index (χ4v) is 3.24. The molecular formula is C20H21FN2O4. The van der Waals surface area contributed by atoms with Gasteiger partial charge in [-0.25, -0.2) is 9.18 Å². The van der Waals surface area contributed by atoms with E-state index in [4.69, 9.17) is 4.74 Å². The summed E-state index contributed by atoms with van der Waals surface area (Å²) >= 11 is 0. The van der Waals surface area contributed by atoms with Crippen LogP contribution in [0.4, 0.5) is 4.39 Å². The van der Waals surface area contributed by atoms with E-state index in [-0.39, 0.29) is 22.9 Å². The van der Waals surface area contributed by atoms with Crippen molar-refractivity contribution in [2.75, 3.05) is 0 Å². The number of aromatic nitrogens is 2. The van der Waals surface area contributed by atoms with Crippen LogP contribution in [-0.2, 0) is 13.5 Å². The van der Waals surface area contributed by atoms with E-state index in [0.29, 0.717) is 23.3 Å². The van der Waals surface area contributed by atoms with Crippen molar-refractivity contribution in [3.05, 3.63) is 57.9 Å². The van der Waals surface area contributed by atoms with Crippen molar-refractivity contribution in [3.63, 3.8) is 0 Å². The van der Waals surface area contributed by atoms with Crippen molar-refractivity contribution in [2.45, 2.75) is 33.3 Å². The molecule has 1 aromatic carbocycles. The summed E-state index contributed by atoms with van der Waals surface area (Å²) in [7, 11) is 1.60. The van der Waals surface area contributed by atoms with Crippen LogP contribution in [0.15, 0.2) is 35.1 Å². The van der Waals surface area contributed by atoms with Gasteiger partial charge in [-0.2, -0.15) is 0 Å². The number of fused-ring (bicyclic) bond motifs is 1. The fourth-order valence-electron chi connectivity index (χ4n) is 3.24. The number of carboxylic acid groups (broad SMARTS) is 1. The van der Waals surface area contributed by atoms with Crippen LogP contribution in [0.5, 0.6) is 5.75 Å². The van der Waals surface area contributed by atoms with E-state index in [9.17, 15) is 19.1 Å². The molecule has 2 aromatic heterocycles. The Morgan fingerprint density at radius 3 is 2.41 bits per heavy atom. The number of pyridine rings is 1. The smallest absolute Gasteiger partial charge is 0.356 e. The first-order chi connectivity index (χ1) is 12.8. The molecule has 0 saturated carbocycles. The highest BCUT2D eigenvalue weighted by Gasteiger charge is 2.27. The van der Waals surface area contributed by atoms with Gasteiger partial charge in [0.05, 0.1) is 11.6 Å². The van der Waals surface area contributed by atoms with E-state index in [0.717, 1.165) is 0 Å². The first-order valence-electron chi connectivity index (χ1n) is 8.69. The summed E-state index contributed by atoms with van der Waals surface area (Å²) in [6.07, 6.45) is 0.231. The predicted octanol–water partition coefficient (Wildman–Crippen LogP) is 3.52. The van der Waals surface area contributed by atoms with Crippen LogP contribution in [0.2, 0.25) is 0 Å². The molecule has 0 spiro atoms. The Morgan fingerprint density at radius 1 is 1.26 bits per heavy atom. The highest BCUT2D eigenvalue weighted by molar-refractivity contribution is 6.00. The Morgan fingerprint density at radius 2 is 1.89 bits per heavy atom. The Labute approximate surface area is 155 Å². The number of hydrogen-bond acceptors (Lipinski definition) is 3. The summed E-state index contributed by atoms with van der Waals surface area (Å²) in [4.78, 5) is 25.2. The second kappa shape index (κ2) is 6.90. The zero-order valence-corrected chi connectivity index (χ0v) is 15.6. The van der Waals surface area contributed by atoms with Crippen molar-refractivity contribution in [3.8, 4) is 11.4 Å². The maximum atomic E-state index is 13.4. The number of ether oxygens (including phenoxy) is 1. The number of nitrogens with zero attached hydrogens (tertiary/aromatic N) is 2. The molecule has 27 heavy (non-hydrogen) atoms. The molecule has 0 bridgehead atoms. The number of rotatable bonds is 5. The summed E-state index contributed by atoms with van der Waals surface area (Å²) in [5.41, 5.74) is 1.22. The van der Waals surface area contributed by atoms with Crippen LogP contribution in [0.1, 0.15) is 37.0 Å². The molecule has 0 amide bonds. The highest BCUT2D eigenvalue weighted by atomic mass is 19.1. The number of hydrogen-bond donors (Lipinski definition) is 1. The highest BCUT2D eigenvalue weighted by Crippen LogP contribution is 2.32. The predicted molar refractivity (Wildman–Crippen MR) is 101 cm³/mol. The number of aryl methyl sites for hydroxylation is 2. The van der Waals surface area contributed by atoms with Gasteiger partial charge in [0, 0.05) is 18.4 Å². The van der Waals surface area contributed by atoms with E-state index >= 15 is 0 Å². The molecule has 7 heteroatoms. The first kappa shape index (κ1) is 18.7. The van der Waals surface area contributed by atoms with Crippen LogP contribution in [0.3, 0.4) is 0 Å². The van der Waals surface area contributed by atoms with Crippen LogP contribution >= 0.6 is 0 Å². The van der Waals surface area contributed by atoms with Crippen molar-refractivity contribution < 1.29 is 19.0 Å². The normalized spacial score (nSPS) is 11.3. The van der Waals surface area contributed by atoms with E-state index in [1.54, 1.807) is 27.0 Å². The van der Waals surface area contributed by atoms with Gasteiger partial charge in [-0.05, 0) is 50.6 Å². The maximum Gasteiger partial charge on any atom is 0.356 e. The molecule has 6 nitrogen and oxygen atoms in total. The van der Waals surface area contributed by atoms with Crippen molar-refractivity contribution in [1.29, 1.82) is 0 Å². The average Bonchev–Trinajstić information content (AvgIpc) is 2.87. The van der Waals surface area contributed by atoms with Crippen molar-refractivity contribution in [1.82, 2.24) is 9.13 Å². The summed E-state index contributed by atoms with van der Waals surface area (Å²) in [6.45, 7) is 5.43. The van der Waals surface area contributed by atoms with Crippen LogP contribution in [0, 0.1) is 5.82 Å². The monoisotopic (exact) mass is 372 g/mol. The summed E-state index contributed by atoms with van der Waals surface area (Å²) < 4.78 is 22.0. The molecule has 3 aromatic rings. The summed E-state index contributed by atoms with van der Waals surface area (Å²) in [5.74, 6) is -1.52. The van der Waals surface area contributed by atoms with Crippen LogP contribution in [-0.4, -0.2) is 26.3 Å². The Balaban J connectivity index is 2.45. The largest absolute Gasteiger partial charge is 0.488 e. The number of carbonyl (C=O) groups is 1. The number of benzene rings is 1. The van der Waals surface area contributed by atoms with Gasteiger partial charge >= 0.3 is 5.97 Å². The van der Waals surface area contributed by atoms with E-state index < -0.39 is 17.3 Å². The third kappa shape index (κ3) is 3.09.